The summed E-state index contributed by atoms with van der Waals surface area (Å²) in [7, 11) is 1.21. The summed E-state index contributed by atoms with van der Waals surface area (Å²) in [6.07, 6.45) is 0.127. The molecule has 0 aliphatic heterocycles. The van der Waals surface area contributed by atoms with Gasteiger partial charge in [0.25, 0.3) is 0 Å². The third-order valence-electron chi connectivity index (χ3n) is 1.93. The van der Waals surface area contributed by atoms with Crippen molar-refractivity contribution in [3.05, 3.63) is 28.2 Å². The minimum absolute atomic E-state index is 0.0971. The van der Waals surface area contributed by atoms with Gasteiger partial charge < -0.3 is 15.1 Å². The van der Waals surface area contributed by atoms with Crippen LogP contribution in [0.5, 0.6) is 5.75 Å². The smallest absolute Gasteiger partial charge is 0.356 e. The molecule has 0 spiro atoms. The number of esters is 1. The number of nitrogens with zero attached hydrogens (tertiary/aromatic N) is 1. The summed E-state index contributed by atoms with van der Waals surface area (Å²) in [5, 5.41) is 20.8. The molecule has 0 aromatic heterocycles. The van der Waals surface area contributed by atoms with Crippen molar-refractivity contribution in [2.24, 2.45) is 5.16 Å². The number of benzene rings is 1. The molecular weight excluding hydrogens is 278 g/mol. The average molecular weight is 288 g/mol. The van der Waals surface area contributed by atoms with Gasteiger partial charge in [0.05, 0.1) is 11.6 Å². The zero-order valence-electron chi connectivity index (χ0n) is 8.48. The Hall–Kier alpha value is -1.56. The number of carbonyl (C=O) groups excluding carboxylic acids is 1. The normalized spacial score (nSPS) is 11.2. The van der Waals surface area contributed by atoms with Crippen LogP contribution in [0.3, 0.4) is 0 Å². The van der Waals surface area contributed by atoms with Crippen molar-refractivity contribution >= 4 is 27.6 Å². The van der Waals surface area contributed by atoms with E-state index in [1.807, 2.05) is 0 Å². The van der Waals surface area contributed by atoms with E-state index >= 15 is 0 Å². The van der Waals surface area contributed by atoms with Crippen molar-refractivity contribution in [3.63, 3.8) is 0 Å². The first-order valence-electron chi connectivity index (χ1n) is 4.35. The zero-order chi connectivity index (χ0) is 12.1. The first kappa shape index (κ1) is 12.5. The second-order valence-corrected chi connectivity index (χ2v) is 3.86. The fourth-order valence-electron chi connectivity index (χ4n) is 1.12. The third-order valence-corrected chi connectivity index (χ3v) is 2.56. The molecule has 2 N–H and O–H groups in total. The third kappa shape index (κ3) is 2.96. The number of oxime groups is 1. The van der Waals surface area contributed by atoms with Gasteiger partial charge in [-0.3, -0.25) is 0 Å². The van der Waals surface area contributed by atoms with Crippen molar-refractivity contribution in [2.45, 2.75) is 6.42 Å². The molecule has 0 saturated heterocycles. The molecule has 0 unspecified atom stereocenters. The van der Waals surface area contributed by atoms with Gasteiger partial charge >= 0.3 is 5.97 Å². The van der Waals surface area contributed by atoms with Crippen LogP contribution in [0.15, 0.2) is 27.8 Å². The Balaban J connectivity index is 2.87. The number of methoxy groups -OCH3 is 1. The highest BCUT2D eigenvalue weighted by Gasteiger charge is 2.13. The van der Waals surface area contributed by atoms with Crippen LogP contribution in [0, 0.1) is 0 Å². The maximum Gasteiger partial charge on any atom is 0.356 e. The standard InChI is InChI=1S/C10H10BrNO4/c1-16-10(14)8(12-15)5-6-2-3-9(13)7(11)4-6/h2-4,13,15H,5H2,1H3/b12-8+. The van der Waals surface area contributed by atoms with Crippen LogP contribution in [0.25, 0.3) is 0 Å². The number of hydrogen-bond donors (Lipinski definition) is 2. The van der Waals surface area contributed by atoms with Gasteiger partial charge in [-0.25, -0.2) is 4.79 Å². The Morgan fingerprint density at radius 1 is 1.56 bits per heavy atom. The van der Waals surface area contributed by atoms with E-state index in [0.717, 1.165) is 0 Å². The highest BCUT2D eigenvalue weighted by atomic mass is 79.9. The second kappa shape index (κ2) is 5.50. The van der Waals surface area contributed by atoms with Gasteiger partial charge in [-0.05, 0) is 33.6 Å². The van der Waals surface area contributed by atoms with Crippen LogP contribution in [0.2, 0.25) is 0 Å². The molecule has 0 saturated carbocycles. The number of aromatic hydroxyl groups is 1. The van der Waals surface area contributed by atoms with Crippen molar-refractivity contribution in [1.29, 1.82) is 0 Å². The monoisotopic (exact) mass is 287 g/mol. The largest absolute Gasteiger partial charge is 0.507 e. The van der Waals surface area contributed by atoms with E-state index in [1.165, 1.54) is 13.2 Å². The summed E-state index contributed by atoms with van der Waals surface area (Å²) >= 11 is 3.14. The van der Waals surface area contributed by atoms with Crippen LogP contribution in [0.4, 0.5) is 0 Å². The molecule has 0 amide bonds. The topological polar surface area (TPSA) is 79.1 Å². The highest BCUT2D eigenvalue weighted by molar-refractivity contribution is 9.10. The lowest BCUT2D eigenvalue weighted by Gasteiger charge is -2.04. The molecule has 86 valence electrons. The van der Waals surface area contributed by atoms with Crippen molar-refractivity contribution in [3.8, 4) is 5.75 Å². The predicted molar refractivity (Wildman–Crippen MR) is 60.7 cm³/mol. The van der Waals surface area contributed by atoms with Crippen LogP contribution in [0.1, 0.15) is 5.56 Å². The lowest BCUT2D eigenvalue weighted by atomic mass is 10.1. The highest BCUT2D eigenvalue weighted by Crippen LogP contribution is 2.24. The number of ether oxygens (including phenoxy) is 1. The lowest BCUT2D eigenvalue weighted by molar-refractivity contribution is -0.132. The summed E-state index contributed by atoms with van der Waals surface area (Å²) in [4.78, 5) is 11.1. The molecule has 1 rings (SSSR count). The Morgan fingerprint density at radius 3 is 2.75 bits per heavy atom. The van der Waals surface area contributed by atoms with Crippen LogP contribution < -0.4 is 0 Å². The van der Waals surface area contributed by atoms with Gasteiger partial charge in [0.1, 0.15) is 5.75 Å². The van der Waals surface area contributed by atoms with Crippen molar-refractivity contribution in [1.82, 2.24) is 0 Å². The summed E-state index contributed by atoms with van der Waals surface area (Å²) in [5.74, 6) is -0.587. The van der Waals surface area contributed by atoms with Gasteiger partial charge in [0, 0.05) is 6.42 Å². The number of phenols is 1. The van der Waals surface area contributed by atoms with E-state index in [-0.39, 0.29) is 17.9 Å². The molecule has 1 aromatic carbocycles. The number of rotatable bonds is 3. The molecule has 0 aliphatic rings. The molecule has 0 heterocycles. The van der Waals surface area contributed by atoms with E-state index in [2.05, 4.69) is 25.8 Å². The molecule has 16 heavy (non-hydrogen) atoms. The predicted octanol–water partition coefficient (Wildman–Crippen LogP) is 1.70. The number of hydrogen-bond acceptors (Lipinski definition) is 5. The SMILES string of the molecule is COC(=O)/C(Cc1ccc(O)c(Br)c1)=N/O. The molecule has 0 bridgehead atoms. The van der Waals surface area contributed by atoms with Crippen LogP contribution >= 0.6 is 15.9 Å². The molecule has 0 radical (unpaired) electrons. The number of halogens is 1. The van der Waals surface area contributed by atoms with Gasteiger partial charge in [-0.15, -0.1) is 0 Å². The number of phenolic OH excluding ortho intramolecular Hbond substituents is 1. The molecule has 6 heteroatoms. The average Bonchev–Trinajstić information content (AvgIpc) is 2.29. The van der Waals surface area contributed by atoms with E-state index in [1.54, 1.807) is 12.1 Å². The molecular formula is C10H10BrNO4. The minimum Gasteiger partial charge on any atom is -0.507 e. The molecule has 1 aromatic rings. The Bertz CT molecular complexity index is 431. The quantitative estimate of drug-likeness (QED) is 0.384. The Morgan fingerprint density at radius 2 is 2.25 bits per heavy atom. The van der Waals surface area contributed by atoms with Crippen LogP contribution in [-0.2, 0) is 16.0 Å². The van der Waals surface area contributed by atoms with E-state index in [9.17, 15) is 9.90 Å². The Labute approximate surface area is 100 Å². The lowest BCUT2D eigenvalue weighted by Crippen LogP contribution is -2.18. The molecule has 0 fully saturated rings. The molecule has 5 nitrogen and oxygen atoms in total. The van der Waals surface area contributed by atoms with Gasteiger partial charge in [-0.2, -0.15) is 0 Å². The van der Waals surface area contributed by atoms with Crippen LogP contribution in [-0.4, -0.2) is 29.1 Å². The first-order valence-corrected chi connectivity index (χ1v) is 5.14. The fourth-order valence-corrected chi connectivity index (χ4v) is 1.55. The summed E-state index contributed by atoms with van der Waals surface area (Å²) in [5.41, 5.74) is 0.614. The maximum absolute atomic E-state index is 11.1. The minimum atomic E-state index is -0.688. The fraction of sp³-hybridized carbons (Fsp3) is 0.200. The zero-order valence-corrected chi connectivity index (χ0v) is 10.1. The Kier molecular flexibility index (Phi) is 4.30. The molecule has 0 atom stereocenters. The van der Waals surface area contributed by atoms with Gasteiger partial charge in [-0.1, -0.05) is 11.2 Å². The van der Waals surface area contributed by atoms with Gasteiger partial charge in [0.15, 0.2) is 5.71 Å². The van der Waals surface area contributed by atoms with E-state index in [4.69, 9.17) is 5.21 Å². The summed E-state index contributed by atoms with van der Waals surface area (Å²) in [6.45, 7) is 0. The van der Waals surface area contributed by atoms with E-state index in [0.29, 0.717) is 10.0 Å². The maximum atomic E-state index is 11.1. The van der Waals surface area contributed by atoms with Crippen molar-refractivity contribution in [2.75, 3.05) is 7.11 Å². The molecule has 0 aliphatic carbocycles. The van der Waals surface area contributed by atoms with Gasteiger partial charge in [0.2, 0.25) is 0 Å². The summed E-state index contributed by atoms with van der Waals surface area (Å²) in [6, 6.07) is 4.73. The second-order valence-electron chi connectivity index (χ2n) is 3.00. The summed E-state index contributed by atoms with van der Waals surface area (Å²) < 4.78 is 4.95. The first-order chi connectivity index (χ1) is 7.58. The van der Waals surface area contributed by atoms with E-state index < -0.39 is 5.97 Å². The number of carbonyl (C=O) groups is 1. The van der Waals surface area contributed by atoms with Crippen molar-refractivity contribution < 1.29 is 19.8 Å².